The summed E-state index contributed by atoms with van der Waals surface area (Å²) in [5.74, 6) is -0.283. The first-order valence-electron chi connectivity index (χ1n) is 7.25. The van der Waals surface area contributed by atoms with Gasteiger partial charge in [0.2, 0.25) is 5.91 Å². The molecule has 1 aromatic rings. The summed E-state index contributed by atoms with van der Waals surface area (Å²) in [5, 5.41) is 2.83. The van der Waals surface area contributed by atoms with Crippen LogP contribution in [0.25, 0.3) is 0 Å². The van der Waals surface area contributed by atoms with Gasteiger partial charge in [-0.25, -0.2) is 4.39 Å². The molecule has 1 aromatic carbocycles. The molecule has 1 saturated carbocycles. The van der Waals surface area contributed by atoms with Crippen molar-refractivity contribution in [2.75, 3.05) is 5.32 Å². The van der Waals surface area contributed by atoms with E-state index in [-0.39, 0.29) is 35.0 Å². The molecule has 1 aliphatic rings. The van der Waals surface area contributed by atoms with E-state index in [9.17, 15) is 9.18 Å². The average molecular weight is 357 g/mol. The molecule has 3 nitrogen and oxygen atoms in total. The molecule has 1 aliphatic carbocycles. The fraction of sp³-hybridized carbons (Fsp3) is 0.562. The van der Waals surface area contributed by atoms with Gasteiger partial charge in [-0.15, -0.1) is 0 Å². The maximum Gasteiger partial charge on any atom is 0.228 e. The molecule has 1 amide bonds. The predicted molar refractivity (Wildman–Crippen MR) is 86.4 cm³/mol. The van der Waals surface area contributed by atoms with Gasteiger partial charge in [0.1, 0.15) is 5.82 Å². The highest BCUT2D eigenvalue weighted by atomic mass is 79.9. The lowest BCUT2D eigenvalue weighted by atomic mass is 9.61. The first-order valence-corrected chi connectivity index (χ1v) is 8.04. The van der Waals surface area contributed by atoms with E-state index in [0.717, 1.165) is 12.8 Å². The standard InChI is InChI=1S/C16H22BrFN2O/c1-9-14(19)7-5-11(16(9,2)3)15(21)20-10-4-6-12(17)13(18)8-10/h4,6,8-9,11,14H,5,7,19H2,1-3H3,(H,20,21). The van der Waals surface area contributed by atoms with Crippen molar-refractivity contribution in [3.8, 4) is 0 Å². The van der Waals surface area contributed by atoms with Crippen LogP contribution < -0.4 is 11.1 Å². The van der Waals surface area contributed by atoms with Crippen LogP contribution in [0.3, 0.4) is 0 Å². The Morgan fingerprint density at radius 1 is 1.43 bits per heavy atom. The lowest BCUT2D eigenvalue weighted by molar-refractivity contribution is -0.127. The van der Waals surface area contributed by atoms with E-state index in [2.05, 4.69) is 42.0 Å². The zero-order valence-electron chi connectivity index (χ0n) is 12.6. The maximum atomic E-state index is 13.5. The van der Waals surface area contributed by atoms with Crippen LogP contribution in [0, 0.1) is 23.1 Å². The van der Waals surface area contributed by atoms with Gasteiger partial charge < -0.3 is 11.1 Å². The highest BCUT2D eigenvalue weighted by Gasteiger charge is 2.44. The highest BCUT2D eigenvalue weighted by Crippen LogP contribution is 2.44. The van der Waals surface area contributed by atoms with E-state index in [1.807, 2.05) is 0 Å². The van der Waals surface area contributed by atoms with Crippen LogP contribution in [0.4, 0.5) is 10.1 Å². The first kappa shape index (κ1) is 16.4. The van der Waals surface area contributed by atoms with Gasteiger partial charge in [0.05, 0.1) is 4.47 Å². The summed E-state index contributed by atoms with van der Waals surface area (Å²) in [5.41, 5.74) is 6.43. The maximum absolute atomic E-state index is 13.5. The summed E-state index contributed by atoms with van der Waals surface area (Å²) in [7, 11) is 0. The zero-order chi connectivity index (χ0) is 15.8. The molecule has 0 heterocycles. The van der Waals surface area contributed by atoms with Crippen molar-refractivity contribution < 1.29 is 9.18 Å². The Bertz CT molecular complexity index is 547. The molecule has 3 N–H and O–H groups in total. The Balaban J connectivity index is 2.14. The molecular formula is C16H22BrFN2O. The van der Waals surface area contributed by atoms with Gasteiger partial charge >= 0.3 is 0 Å². The fourth-order valence-corrected chi connectivity index (χ4v) is 3.37. The van der Waals surface area contributed by atoms with Crippen LogP contribution in [0.5, 0.6) is 0 Å². The van der Waals surface area contributed by atoms with Gasteiger partial charge in [-0.3, -0.25) is 4.79 Å². The minimum Gasteiger partial charge on any atom is -0.327 e. The molecule has 21 heavy (non-hydrogen) atoms. The van der Waals surface area contributed by atoms with Gasteiger partial charge in [0.15, 0.2) is 0 Å². The topological polar surface area (TPSA) is 55.1 Å². The fourth-order valence-electron chi connectivity index (χ4n) is 3.12. The summed E-state index contributed by atoms with van der Waals surface area (Å²) >= 11 is 3.10. The number of benzene rings is 1. The molecular weight excluding hydrogens is 335 g/mol. The number of carbonyl (C=O) groups is 1. The first-order chi connectivity index (χ1) is 9.73. The van der Waals surface area contributed by atoms with E-state index in [4.69, 9.17) is 5.73 Å². The van der Waals surface area contributed by atoms with Crippen LogP contribution in [-0.2, 0) is 4.79 Å². The minimum absolute atomic E-state index is 0.0551. The molecule has 0 saturated heterocycles. The molecule has 3 atom stereocenters. The largest absolute Gasteiger partial charge is 0.327 e. The lowest BCUT2D eigenvalue weighted by Crippen LogP contribution is -2.50. The summed E-state index contributed by atoms with van der Waals surface area (Å²) in [4.78, 5) is 12.5. The van der Waals surface area contributed by atoms with Crippen LogP contribution in [-0.4, -0.2) is 11.9 Å². The molecule has 2 rings (SSSR count). The summed E-state index contributed by atoms with van der Waals surface area (Å²) < 4.78 is 13.9. The van der Waals surface area contributed by atoms with E-state index in [1.54, 1.807) is 12.1 Å². The molecule has 0 bridgehead atoms. The van der Waals surface area contributed by atoms with Crippen molar-refractivity contribution in [1.29, 1.82) is 0 Å². The van der Waals surface area contributed by atoms with Crippen molar-refractivity contribution in [2.45, 2.75) is 39.7 Å². The van der Waals surface area contributed by atoms with Gasteiger partial charge in [-0.2, -0.15) is 0 Å². The molecule has 0 spiro atoms. The summed E-state index contributed by atoms with van der Waals surface area (Å²) in [6.45, 7) is 6.27. The SMILES string of the molecule is CC1C(N)CCC(C(=O)Nc2ccc(Br)c(F)c2)C1(C)C. The van der Waals surface area contributed by atoms with Gasteiger partial charge in [-0.05, 0) is 58.3 Å². The molecule has 1 fully saturated rings. The third-order valence-electron chi connectivity index (χ3n) is 5.01. The summed E-state index contributed by atoms with van der Waals surface area (Å²) in [6.07, 6.45) is 1.61. The number of hydrogen-bond acceptors (Lipinski definition) is 2. The third kappa shape index (κ3) is 3.29. The summed E-state index contributed by atoms with van der Waals surface area (Å²) in [6, 6.07) is 4.74. The van der Waals surface area contributed by atoms with Crippen LogP contribution in [0.1, 0.15) is 33.6 Å². The van der Waals surface area contributed by atoms with Crippen molar-refractivity contribution in [2.24, 2.45) is 23.0 Å². The second-order valence-electron chi connectivity index (χ2n) is 6.52. The van der Waals surface area contributed by atoms with Gasteiger partial charge in [-0.1, -0.05) is 20.8 Å². The molecule has 0 radical (unpaired) electrons. The lowest BCUT2D eigenvalue weighted by Gasteiger charge is -2.46. The normalized spacial score (nSPS) is 28.2. The Labute approximate surface area is 133 Å². The molecule has 0 aromatic heterocycles. The molecule has 5 heteroatoms. The Morgan fingerprint density at radius 3 is 2.71 bits per heavy atom. The van der Waals surface area contributed by atoms with Crippen molar-refractivity contribution in [3.05, 3.63) is 28.5 Å². The smallest absolute Gasteiger partial charge is 0.228 e. The number of carbonyl (C=O) groups excluding carboxylic acids is 1. The van der Waals surface area contributed by atoms with Crippen LogP contribution in [0.2, 0.25) is 0 Å². The molecule has 3 unspecified atom stereocenters. The number of rotatable bonds is 2. The molecule has 0 aliphatic heterocycles. The van der Waals surface area contributed by atoms with Crippen molar-refractivity contribution in [1.82, 2.24) is 0 Å². The van der Waals surface area contributed by atoms with E-state index < -0.39 is 0 Å². The average Bonchev–Trinajstić information content (AvgIpc) is 2.40. The molecule has 116 valence electrons. The zero-order valence-corrected chi connectivity index (χ0v) is 14.2. The van der Waals surface area contributed by atoms with E-state index in [1.165, 1.54) is 6.07 Å². The highest BCUT2D eigenvalue weighted by molar-refractivity contribution is 9.10. The second-order valence-corrected chi connectivity index (χ2v) is 7.38. The van der Waals surface area contributed by atoms with Crippen molar-refractivity contribution in [3.63, 3.8) is 0 Å². The van der Waals surface area contributed by atoms with Crippen LogP contribution in [0.15, 0.2) is 22.7 Å². The number of anilines is 1. The third-order valence-corrected chi connectivity index (χ3v) is 5.65. The van der Waals surface area contributed by atoms with Crippen LogP contribution >= 0.6 is 15.9 Å². The van der Waals surface area contributed by atoms with Gasteiger partial charge in [0, 0.05) is 17.6 Å². The number of nitrogens with one attached hydrogen (secondary N) is 1. The van der Waals surface area contributed by atoms with Crippen molar-refractivity contribution >= 4 is 27.5 Å². The van der Waals surface area contributed by atoms with E-state index in [0.29, 0.717) is 10.2 Å². The quantitative estimate of drug-likeness (QED) is 0.843. The van der Waals surface area contributed by atoms with E-state index >= 15 is 0 Å². The number of amides is 1. The minimum atomic E-state index is -0.383. The predicted octanol–water partition coefficient (Wildman–Crippen LogP) is 3.93. The Morgan fingerprint density at radius 2 is 2.10 bits per heavy atom. The Hall–Kier alpha value is -0.940. The Kier molecular flexibility index (Phi) is 4.73. The number of halogens is 2. The number of nitrogens with two attached hydrogens (primary N) is 1. The monoisotopic (exact) mass is 356 g/mol. The van der Waals surface area contributed by atoms with Gasteiger partial charge in [0.25, 0.3) is 0 Å². The number of hydrogen-bond donors (Lipinski definition) is 2. The second kappa shape index (κ2) is 6.05.